The lowest BCUT2D eigenvalue weighted by Crippen LogP contribution is -2.38. The molecule has 0 atom stereocenters. The average Bonchev–Trinajstić information content (AvgIpc) is 2.64. The van der Waals surface area contributed by atoms with Crippen LogP contribution >= 0.6 is 11.6 Å². The van der Waals surface area contributed by atoms with Crippen LogP contribution in [0.15, 0.2) is 30.6 Å². The van der Waals surface area contributed by atoms with Crippen LogP contribution in [0.4, 0.5) is 5.82 Å². The lowest BCUT2D eigenvalue weighted by molar-refractivity contribution is 0.0921. The van der Waals surface area contributed by atoms with E-state index in [4.69, 9.17) is 11.6 Å². The van der Waals surface area contributed by atoms with Gasteiger partial charge in [-0.3, -0.25) is 9.78 Å². The van der Waals surface area contributed by atoms with Crippen LogP contribution in [-0.2, 0) is 0 Å². The quantitative estimate of drug-likeness (QED) is 0.827. The van der Waals surface area contributed by atoms with Crippen molar-refractivity contribution in [3.8, 4) is 0 Å². The first-order valence-electron chi connectivity index (χ1n) is 9.11. The highest BCUT2D eigenvalue weighted by Gasteiger charge is 2.23. The Bertz CT molecular complexity index is 772. The molecule has 138 valence electrons. The van der Waals surface area contributed by atoms with Gasteiger partial charge >= 0.3 is 0 Å². The van der Waals surface area contributed by atoms with Crippen LogP contribution in [0.25, 0.3) is 0 Å². The Morgan fingerprint density at radius 1 is 1.23 bits per heavy atom. The number of anilines is 1. The van der Waals surface area contributed by atoms with E-state index in [0.717, 1.165) is 38.0 Å². The predicted molar refractivity (Wildman–Crippen MR) is 105 cm³/mol. The van der Waals surface area contributed by atoms with Gasteiger partial charge in [-0.2, -0.15) is 0 Å². The normalized spacial score (nSPS) is 19.8. The fourth-order valence-electron chi connectivity index (χ4n) is 3.42. The molecule has 0 aromatic carbocycles. The van der Waals surface area contributed by atoms with E-state index in [1.54, 1.807) is 12.3 Å². The van der Waals surface area contributed by atoms with Gasteiger partial charge in [0.25, 0.3) is 5.91 Å². The van der Waals surface area contributed by atoms with Gasteiger partial charge < -0.3 is 10.6 Å². The monoisotopic (exact) mass is 372 g/mol. The van der Waals surface area contributed by atoms with Crippen molar-refractivity contribution in [1.29, 1.82) is 0 Å². The molecule has 2 N–H and O–H groups in total. The summed E-state index contributed by atoms with van der Waals surface area (Å²) in [7, 11) is 0. The van der Waals surface area contributed by atoms with Gasteiger partial charge in [-0.05, 0) is 63.1 Å². The Morgan fingerprint density at radius 3 is 2.73 bits per heavy atom. The minimum atomic E-state index is -0.0804. The zero-order valence-corrected chi connectivity index (χ0v) is 16.0. The number of carbonyl (C=O) groups excluding carboxylic acids is 1. The summed E-state index contributed by atoms with van der Waals surface area (Å²) in [6.07, 6.45) is 7.55. The van der Waals surface area contributed by atoms with Crippen molar-refractivity contribution in [2.75, 3.05) is 11.9 Å². The molecule has 2 aromatic heterocycles. The topological polar surface area (TPSA) is 66.9 Å². The van der Waals surface area contributed by atoms with E-state index in [-0.39, 0.29) is 11.9 Å². The number of halogens is 1. The third-order valence-electron chi connectivity index (χ3n) is 5.05. The molecule has 2 heterocycles. The molecule has 5 nitrogen and oxygen atoms in total. The Balaban J connectivity index is 1.47. The number of rotatable bonds is 5. The number of aryl methyl sites for hydroxylation is 2. The smallest absolute Gasteiger partial charge is 0.253 e. The minimum absolute atomic E-state index is 0.0804. The summed E-state index contributed by atoms with van der Waals surface area (Å²) in [4.78, 5) is 21.0. The number of nitrogens with one attached hydrogen (secondary N) is 2. The number of pyridine rings is 2. The molecular formula is C20H25ClN4O. The summed E-state index contributed by atoms with van der Waals surface area (Å²) in [6.45, 7) is 4.82. The number of aromatic nitrogens is 2. The first-order chi connectivity index (χ1) is 12.5. The van der Waals surface area contributed by atoms with E-state index in [2.05, 4.69) is 33.6 Å². The average molecular weight is 373 g/mol. The molecule has 0 bridgehead atoms. The summed E-state index contributed by atoms with van der Waals surface area (Å²) < 4.78 is 0. The van der Waals surface area contributed by atoms with Crippen LogP contribution in [0.1, 0.15) is 47.3 Å². The minimum Gasteiger partial charge on any atom is -0.370 e. The number of amides is 1. The lowest BCUT2D eigenvalue weighted by atomic mass is 9.86. The zero-order chi connectivity index (χ0) is 18.5. The Hall–Kier alpha value is -2.14. The molecular weight excluding hydrogens is 348 g/mol. The van der Waals surface area contributed by atoms with Crippen LogP contribution in [0.5, 0.6) is 0 Å². The SMILES string of the molecule is Cc1cccnc1NC[C@H]1CC[C@H](NC(=O)c2cc(Cl)cnc2C)CC1. The number of nitrogens with zero attached hydrogens (tertiary/aromatic N) is 2. The fourth-order valence-corrected chi connectivity index (χ4v) is 3.58. The summed E-state index contributed by atoms with van der Waals surface area (Å²) in [5.41, 5.74) is 2.43. The van der Waals surface area contributed by atoms with Crippen molar-refractivity contribution in [2.24, 2.45) is 5.92 Å². The summed E-state index contributed by atoms with van der Waals surface area (Å²) in [5.74, 6) is 1.49. The maximum absolute atomic E-state index is 12.5. The summed E-state index contributed by atoms with van der Waals surface area (Å²) in [5, 5.41) is 7.08. The molecule has 1 fully saturated rings. The molecule has 1 amide bonds. The van der Waals surface area contributed by atoms with Crippen molar-refractivity contribution >= 4 is 23.3 Å². The second-order valence-electron chi connectivity index (χ2n) is 7.03. The van der Waals surface area contributed by atoms with E-state index in [0.29, 0.717) is 22.2 Å². The summed E-state index contributed by atoms with van der Waals surface area (Å²) >= 11 is 5.96. The highest BCUT2D eigenvalue weighted by Crippen LogP contribution is 2.25. The molecule has 0 spiro atoms. The molecule has 2 aromatic rings. The highest BCUT2D eigenvalue weighted by atomic mass is 35.5. The summed E-state index contributed by atoms with van der Waals surface area (Å²) in [6, 6.07) is 5.91. The maximum atomic E-state index is 12.5. The van der Waals surface area contributed by atoms with Gasteiger partial charge in [0.05, 0.1) is 16.3 Å². The van der Waals surface area contributed by atoms with Crippen molar-refractivity contribution in [1.82, 2.24) is 15.3 Å². The first-order valence-corrected chi connectivity index (χ1v) is 9.49. The van der Waals surface area contributed by atoms with E-state index in [1.165, 1.54) is 5.56 Å². The number of hydrogen-bond donors (Lipinski definition) is 2. The van der Waals surface area contributed by atoms with Crippen molar-refractivity contribution in [3.05, 3.63) is 52.4 Å². The third-order valence-corrected chi connectivity index (χ3v) is 5.25. The van der Waals surface area contributed by atoms with E-state index >= 15 is 0 Å². The molecule has 0 saturated heterocycles. The van der Waals surface area contributed by atoms with Crippen LogP contribution in [0.2, 0.25) is 5.02 Å². The van der Waals surface area contributed by atoms with Gasteiger partial charge in [-0.25, -0.2) is 4.98 Å². The molecule has 1 aliphatic rings. The molecule has 6 heteroatoms. The van der Waals surface area contributed by atoms with E-state index < -0.39 is 0 Å². The molecule has 0 unspecified atom stereocenters. The highest BCUT2D eigenvalue weighted by molar-refractivity contribution is 6.30. The number of carbonyl (C=O) groups is 1. The Kier molecular flexibility index (Phi) is 6.09. The zero-order valence-electron chi connectivity index (χ0n) is 15.3. The predicted octanol–water partition coefficient (Wildman–Crippen LogP) is 4.15. The van der Waals surface area contributed by atoms with Crippen molar-refractivity contribution in [3.63, 3.8) is 0 Å². The van der Waals surface area contributed by atoms with Crippen LogP contribution < -0.4 is 10.6 Å². The second kappa shape index (κ2) is 8.49. The van der Waals surface area contributed by atoms with E-state index in [9.17, 15) is 4.79 Å². The largest absolute Gasteiger partial charge is 0.370 e. The maximum Gasteiger partial charge on any atom is 0.253 e. The Labute approximate surface area is 159 Å². The molecule has 26 heavy (non-hydrogen) atoms. The van der Waals surface area contributed by atoms with Crippen LogP contribution in [-0.4, -0.2) is 28.5 Å². The van der Waals surface area contributed by atoms with Gasteiger partial charge in [-0.1, -0.05) is 17.7 Å². The van der Waals surface area contributed by atoms with Crippen molar-refractivity contribution < 1.29 is 4.79 Å². The van der Waals surface area contributed by atoms with Gasteiger partial charge in [0.15, 0.2) is 0 Å². The first kappa shape index (κ1) is 18.6. The molecule has 1 aliphatic carbocycles. The van der Waals surface area contributed by atoms with Crippen molar-refractivity contribution in [2.45, 2.75) is 45.6 Å². The standard InChI is InChI=1S/C20H25ClN4O/c1-13-4-3-9-22-19(13)24-11-15-5-7-17(8-6-15)25-20(26)18-10-16(21)12-23-14(18)2/h3-4,9-10,12,15,17H,5-8,11H2,1-2H3,(H,22,24)(H,25,26)/t15-,17-. The van der Waals surface area contributed by atoms with Gasteiger partial charge in [-0.15, -0.1) is 0 Å². The lowest BCUT2D eigenvalue weighted by Gasteiger charge is -2.29. The number of hydrogen-bond acceptors (Lipinski definition) is 4. The molecule has 3 rings (SSSR count). The third kappa shape index (κ3) is 4.73. The van der Waals surface area contributed by atoms with Crippen LogP contribution in [0, 0.1) is 19.8 Å². The van der Waals surface area contributed by atoms with E-state index in [1.807, 2.05) is 19.2 Å². The molecule has 0 radical (unpaired) electrons. The van der Waals surface area contributed by atoms with Gasteiger partial charge in [0.1, 0.15) is 5.82 Å². The van der Waals surface area contributed by atoms with Gasteiger partial charge in [0.2, 0.25) is 0 Å². The second-order valence-corrected chi connectivity index (χ2v) is 7.46. The Morgan fingerprint density at radius 2 is 2.00 bits per heavy atom. The molecule has 1 saturated carbocycles. The van der Waals surface area contributed by atoms with Gasteiger partial charge in [0, 0.05) is 25.0 Å². The van der Waals surface area contributed by atoms with Crippen LogP contribution in [0.3, 0.4) is 0 Å². The fraction of sp³-hybridized carbons (Fsp3) is 0.450. The molecule has 0 aliphatic heterocycles.